The zero-order valence-electron chi connectivity index (χ0n) is 8.47. The smallest absolute Gasteiger partial charge is 0.337 e. The molecule has 0 saturated carbocycles. The highest BCUT2D eigenvalue weighted by atomic mass is 32.2. The fraction of sp³-hybridized carbons (Fsp3) is 0.400. The third-order valence-electron chi connectivity index (χ3n) is 1.73. The Morgan fingerprint density at radius 1 is 1.60 bits per heavy atom. The van der Waals surface area contributed by atoms with E-state index in [-0.39, 0.29) is 5.56 Å². The van der Waals surface area contributed by atoms with Crippen molar-refractivity contribution in [3.05, 3.63) is 23.9 Å². The van der Waals surface area contributed by atoms with E-state index in [0.29, 0.717) is 0 Å². The van der Waals surface area contributed by atoms with Crippen molar-refractivity contribution in [2.45, 2.75) is 11.4 Å². The standard InChI is InChI=1S/C10H13NO3S/c1-14-5-2-6-15-9-4-3-8(7-11-9)10(12)13/h3-4,7H,2,5-6H2,1H3,(H,12,13). The molecule has 0 atom stereocenters. The van der Waals surface area contributed by atoms with Crippen LogP contribution < -0.4 is 0 Å². The SMILES string of the molecule is COCCCSc1ccc(C(=O)O)cn1. The molecule has 1 heterocycles. The fourth-order valence-corrected chi connectivity index (χ4v) is 1.74. The van der Waals surface area contributed by atoms with E-state index in [9.17, 15) is 4.79 Å². The Morgan fingerprint density at radius 2 is 2.40 bits per heavy atom. The quantitative estimate of drug-likeness (QED) is 0.594. The minimum atomic E-state index is -0.946. The first-order valence-electron chi connectivity index (χ1n) is 4.55. The van der Waals surface area contributed by atoms with E-state index in [1.165, 1.54) is 6.20 Å². The molecule has 0 radical (unpaired) electrons. The minimum Gasteiger partial charge on any atom is -0.478 e. The van der Waals surface area contributed by atoms with E-state index < -0.39 is 5.97 Å². The molecule has 1 aromatic rings. The van der Waals surface area contributed by atoms with Gasteiger partial charge < -0.3 is 9.84 Å². The van der Waals surface area contributed by atoms with Crippen molar-refractivity contribution in [2.75, 3.05) is 19.5 Å². The third-order valence-corrected chi connectivity index (χ3v) is 2.76. The topological polar surface area (TPSA) is 59.4 Å². The lowest BCUT2D eigenvalue weighted by Crippen LogP contribution is -1.97. The largest absolute Gasteiger partial charge is 0.478 e. The van der Waals surface area contributed by atoms with Crippen LogP contribution in [-0.4, -0.2) is 35.5 Å². The van der Waals surface area contributed by atoms with Crippen LogP contribution in [0.15, 0.2) is 23.4 Å². The number of pyridine rings is 1. The number of carboxylic acid groups (broad SMARTS) is 1. The number of methoxy groups -OCH3 is 1. The van der Waals surface area contributed by atoms with Crippen molar-refractivity contribution in [2.24, 2.45) is 0 Å². The Hall–Kier alpha value is -1.07. The van der Waals surface area contributed by atoms with Crippen LogP contribution in [0.5, 0.6) is 0 Å². The van der Waals surface area contributed by atoms with Crippen LogP contribution in [-0.2, 0) is 4.74 Å². The van der Waals surface area contributed by atoms with Gasteiger partial charge >= 0.3 is 5.97 Å². The fourth-order valence-electron chi connectivity index (χ4n) is 0.972. The number of carboxylic acids is 1. The predicted octanol–water partition coefficient (Wildman–Crippen LogP) is 1.91. The Balaban J connectivity index is 2.39. The number of ether oxygens (including phenoxy) is 1. The van der Waals surface area contributed by atoms with Gasteiger partial charge in [0.1, 0.15) is 0 Å². The summed E-state index contributed by atoms with van der Waals surface area (Å²) < 4.78 is 4.92. The summed E-state index contributed by atoms with van der Waals surface area (Å²) in [6.07, 6.45) is 2.34. The van der Waals surface area contributed by atoms with Crippen molar-refractivity contribution in [3.63, 3.8) is 0 Å². The van der Waals surface area contributed by atoms with Gasteiger partial charge in [0.25, 0.3) is 0 Å². The Bertz CT molecular complexity index is 313. The molecule has 0 fully saturated rings. The van der Waals surface area contributed by atoms with E-state index >= 15 is 0 Å². The number of nitrogens with zero attached hydrogens (tertiary/aromatic N) is 1. The molecule has 1 rings (SSSR count). The van der Waals surface area contributed by atoms with Gasteiger partial charge in [-0.1, -0.05) is 0 Å². The van der Waals surface area contributed by atoms with Gasteiger partial charge in [-0.25, -0.2) is 9.78 Å². The zero-order chi connectivity index (χ0) is 11.1. The normalized spacial score (nSPS) is 10.2. The van der Waals surface area contributed by atoms with Gasteiger partial charge in [-0.05, 0) is 18.6 Å². The first-order valence-corrected chi connectivity index (χ1v) is 5.53. The van der Waals surface area contributed by atoms with E-state index in [2.05, 4.69) is 4.98 Å². The molecule has 0 bridgehead atoms. The van der Waals surface area contributed by atoms with Crippen LogP contribution >= 0.6 is 11.8 Å². The summed E-state index contributed by atoms with van der Waals surface area (Å²) >= 11 is 1.60. The first kappa shape index (κ1) is 12.0. The Labute approximate surface area is 92.7 Å². The summed E-state index contributed by atoms with van der Waals surface area (Å²) in [7, 11) is 1.67. The van der Waals surface area contributed by atoms with Crippen molar-refractivity contribution in [1.82, 2.24) is 4.98 Å². The molecular formula is C10H13NO3S. The molecule has 0 unspecified atom stereocenters. The van der Waals surface area contributed by atoms with Crippen LogP contribution in [0, 0.1) is 0 Å². The first-order chi connectivity index (χ1) is 7.24. The number of thioether (sulfide) groups is 1. The lowest BCUT2D eigenvalue weighted by molar-refractivity contribution is 0.0696. The summed E-state index contributed by atoms with van der Waals surface area (Å²) in [6, 6.07) is 3.29. The molecule has 0 spiro atoms. The second-order valence-corrected chi connectivity index (χ2v) is 4.00. The number of aromatic carboxylic acids is 1. The molecule has 4 nitrogen and oxygen atoms in total. The summed E-state index contributed by atoms with van der Waals surface area (Å²) in [5, 5.41) is 9.50. The monoisotopic (exact) mass is 227 g/mol. The molecular weight excluding hydrogens is 214 g/mol. The maximum Gasteiger partial charge on any atom is 0.337 e. The molecule has 1 N–H and O–H groups in total. The number of carbonyl (C=O) groups is 1. The predicted molar refractivity (Wildman–Crippen MR) is 58.4 cm³/mol. The second-order valence-electron chi connectivity index (χ2n) is 2.89. The third kappa shape index (κ3) is 4.31. The van der Waals surface area contributed by atoms with Gasteiger partial charge in [-0.15, -0.1) is 11.8 Å². The molecule has 82 valence electrons. The summed E-state index contributed by atoms with van der Waals surface area (Å²) in [5.74, 6) is -0.0220. The highest BCUT2D eigenvalue weighted by molar-refractivity contribution is 7.99. The maximum absolute atomic E-state index is 10.5. The second kappa shape index (κ2) is 6.42. The number of rotatable bonds is 6. The highest BCUT2D eigenvalue weighted by Crippen LogP contribution is 2.16. The summed E-state index contributed by atoms with van der Waals surface area (Å²) in [4.78, 5) is 14.6. The van der Waals surface area contributed by atoms with E-state index in [1.807, 2.05) is 0 Å². The Morgan fingerprint density at radius 3 is 2.93 bits per heavy atom. The molecule has 0 aliphatic rings. The van der Waals surface area contributed by atoms with Crippen LogP contribution in [0.25, 0.3) is 0 Å². The van der Waals surface area contributed by atoms with Crippen molar-refractivity contribution < 1.29 is 14.6 Å². The molecule has 0 aliphatic heterocycles. The van der Waals surface area contributed by atoms with Crippen LogP contribution in [0.1, 0.15) is 16.8 Å². The van der Waals surface area contributed by atoms with E-state index in [4.69, 9.17) is 9.84 Å². The Kier molecular flexibility index (Phi) is 5.14. The number of aromatic nitrogens is 1. The maximum atomic E-state index is 10.5. The molecule has 0 saturated heterocycles. The molecule has 1 aromatic heterocycles. The van der Waals surface area contributed by atoms with Crippen molar-refractivity contribution in [3.8, 4) is 0 Å². The van der Waals surface area contributed by atoms with Gasteiger partial charge in [0.15, 0.2) is 0 Å². The molecule has 0 aromatic carbocycles. The highest BCUT2D eigenvalue weighted by Gasteiger charge is 2.02. The van der Waals surface area contributed by atoms with Gasteiger partial charge in [-0.3, -0.25) is 0 Å². The van der Waals surface area contributed by atoms with E-state index in [1.54, 1.807) is 31.0 Å². The molecule has 15 heavy (non-hydrogen) atoms. The van der Waals surface area contributed by atoms with Gasteiger partial charge in [-0.2, -0.15) is 0 Å². The summed E-state index contributed by atoms with van der Waals surface area (Å²) in [6.45, 7) is 0.736. The lowest BCUT2D eigenvalue weighted by atomic mass is 10.3. The van der Waals surface area contributed by atoms with Crippen LogP contribution in [0.2, 0.25) is 0 Å². The van der Waals surface area contributed by atoms with Gasteiger partial charge in [0, 0.05) is 25.7 Å². The lowest BCUT2D eigenvalue weighted by Gasteiger charge is -2.00. The average Bonchev–Trinajstić information content (AvgIpc) is 2.25. The van der Waals surface area contributed by atoms with Crippen LogP contribution in [0.3, 0.4) is 0 Å². The van der Waals surface area contributed by atoms with Crippen molar-refractivity contribution >= 4 is 17.7 Å². The van der Waals surface area contributed by atoms with Crippen molar-refractivity contribution in [1.29, 1.82) is 0 Å². The van der Waals surface area contributed by atoms with E-state index in [0.717, 1.165) is 23.8 Å². The zero-order valence-corrected chi connectivity index (χ0v) is 9.29. The number of hydrogen-bond donors (Lipinski definition) is 1. The number of hydrogen-bond acceptors (Lipinski definition) is 4. The molecule has 0 amide bonds. The molecule has 5 heteroatoms. The van der Waals surface area contributed by atoms with Gasteiger partial charge in [0.05, 0.1) is 10.6 Å². The molecule has 0 aliphatic carbocycles. The average molecular weight is 227 g/mol. The summed E-state index contributed by atoms with van der Waals surface area (Å²) in [5.41, 5.74) is 0.219. The van der Waals surface area contributed by atoms with Crippen LogP contribution in [0.4, 0.5) is 0 Å². The van der Waals surface area contributed by atoms with Gasteiger partial charge in [0.2, 0.25) is 0 Å². The minimum absolute atomic E-state index is 0.219.